The Bertz CT molecular complexity index is 944. The van der Waals surface area contributed by atoms with Crippen LogP contribution >= 0.6 is 0 Å². The van der Waals surface area contributed by atoms with Gasteiger partial charge in [-0.15, -0.1) is 0 Å². The Morgan fingerprint density at radius 2 is 1.96 bits per heavy atom. The molecule has 0 saturated carbocycles. The minimum atomic E-state index is -0.267. The third-order valence-corrected chi connectivity index (χ3v) is 4.94. The van der Waals surface area contributed by atoms with Gasteiger partial charge in [-0.1, -0.05) is 30.3 Å². The highest BCUT2D eigenvalue weighted by atomic mass is 16.1. The first-order chi connectivity index (χ1) is 13.1. The van der Waals surface area contributed by atoms with Gasteiger partial charge in [0, 0.05) is 36.8 Å². The Kier molecular flexibility index (Phi) is 4.77. The Labute approximate surface area is 158 Å². The van der Waals surface area contributed by atoms with E-state index in [0.717, 1.165) is 54.3 Å². The SMILES string of the molecule is Cc1cc2nc(-c3ccccc3)cc(NC3CCN(CC(N)=O)CC3)n2n1. The summed E-state index contributed by atoms with van der Waals surface area (Å²) in [4.78, 5) is 18.0. The first-order valence-electron chi connectivity index (χ1n) is 9.28. The Morgan fingerprint density at radius 3 is 2.67 bits per heavy atom. The zero-order chi connectivity index (χ0) is 18.8. The molecule has 140 valence electrons. The lowest BCUT2D eigenvalue weighted by molar-refractivity contribution is -0.119. The van der Waals surface area contributed by atoms with Crippen LogP contribution in [0.3, 0.4) is 0 Å². The monoisotopic (exact) mass is 364 g/mol. The minimum Gasteiger partial charge on any atom is -0.369 e. The molecule has 1 fully saturated rings. The molecule has 2 aromatic heterocycles. The van der Waals surface area contributed by atoms with Crippen molar-refractivity contribution in [3.05, 3.63) is 48.2 Å². The number of aromatic nitrogens is 3. The maximum Gasteiger partial charge on any atom is 0.231 e. The van der Waals surface area contributed by atoms with Gasteiger partial charge in [0.05, 0.1) is 17.9 Å². The van der Waals surface area contributed by atoms with Gasteiger partial charge in [0.25, 0.3) is 0 Å². The number of hydrogen-bond donors (Lipinski definition) is 2. The number of nitrogens with zero attached hydrogens (tertiary/aromatic N) is 4. The van der Waals surface area contributed by atoms with Crippen molar-refractivity contribution < 1.29 is 4.79 Å². The van der Waals surface area contributed by atoms with Gasteiger partial charge in [0.15, 0.2) is 5.65 Å². The lowest BCUT2D eigenvalue weighted by Crippen LogP contribution is -2.43. The molecule has 4 rings (SSSR count). The van der Waals surface area contributed by atoms with E-state index in [9.17, 15) is 4.79 Å². The van der Waals surface area contributed by atoms with E-state index in [2.05, 4.69) is 33.5 Å². The molecule has 1 aromatic carbocycles. The van der Waals surface area contributed by atoms with Crippen molar-refractivity contribution in [2.75, 3.05) is 25.0 Å². The van der Waals surface area contributed by atoms with Crippen LogP contribution < -0.4 is 11.1 Å². The van der Waals surface area contributed by atoms with Gasteiger partial charge in [0.2, 0.25) is 5.91 Å². The first kappa shape index (κ1) is 17.5. The van der Waals surface area contributed by atoms with Gasteiger partial charge in [-0.25, -0.2) is 4.98 Å². The number of benzene rings is 1. The highest BCUT2D eigenvalue weighted by Gasteiger charge is 2.21. The number of rotatable bonds is 5. The Hall–Kier alpha value is -2.93. The summed E-state index contributed by atoms with van der Waals surface area (Å²) in [5, 5.41) is 8.23. The standard InChI is InChI=1S/C20H24N6O/c1-14-11-19-23-17(15-5-3-2-4-6-15)12-20(26(19)24-14)22-16-7-9-25(10-8-16)13-18(21)27/h2-6,11-12,16,22H,7-10,13H2,1H3,(H2,21,27). The van der Waals surface area contributed by atoms with E-state index in [0.29, 0.717) is 12.6 Å². The summed E-state index contributed by atoms with van der Waals surface area (Å²) in [6.45, 7) is 4.03. The van der Waals surface area contributed by atoms with Gasteiger partial charge in [-0.05, 0) is 19.8 Å². The first-order valence-corrected chi connectivity index (χ1v) is 9.28. The summed E-state index contributed by atoms with van der Waals surface area (Å²) < 4.78 is 1.87. The topological polar surface area (TPSA) is 88.5 Å². The van der Waals surface area contributed by atoms with Crippen LogP contribution in [0.15, 0.2) is 42.5 Å². The molecule has 0 bridgehead atoms. The molecule has 7 nitrogen and oxygen atoms in total. The van der Waals surface area contributed by atoms with Gasteiger partial charge in [-0.2, -0.15) is 9.61 Å². The smallest absolute Gasteiger partial charge is 0.231 e. The molecule has 3 N–H and O–H groups in total. The number of anilines is 1. The molecule has 0 radical (unpaired) electrons. The van der Waals surface area contributed by atoms with Crippen LogP contribution in [0, 0.1) is 6.92 Å². The number of nitrogens with two attached hydrogens (primary N) is 1. The van der Waals surface area contributed by atoms with Gasteiger partial charge < -0.3 is 11.1 Å². The van der Waals surface area contributed by atoms with Crippen molar-refractivity contribution in [1.29, 1.82) is 0 Å². The van der Waals surface area contributed by atoms with E-state index in [1.165, 1.54) is 0 Å². The molecule has 3 aromatic rings. The van der Waals surface area contributed by atoms with Crippen molar-refractivity contribution in [3.63, 3.8) is 0 Å². The molecule has 7 heteroatoms. The van der Waals surface area contributed by atoms with E-state index in [1.807, 2.05) is 35.7 Å². The fourth-order valence-electron chi connectivity index (χ4n) is 3.61. The fourth-order valence-corrected chi connectivity index (χ4v) is 3.61. The molecule has 0 unspecified atom stereocenters. The van der Waals surface area contributed by atoms with Crippen molar-refractivity contribution in [3.8, 4) is 11.3 Å². The second kappa shape index (κ2) is 7.36. The lowest BCUT2D eigenvalue weighted by atomic mass is 10.0. The van der Waals surface area contributed by atoms with Gasteiger partial charge in [-0.3, -0.25) is 9.69 Å². The Balaban J connectivity index is 1.58. The van der Waals surface area contributed by atoms with Gasteiger partial charge in [0.1, 0.15) is 5.82 Å². The number of carbonyl (C=O) groups is 1. The van der Waals surface area contributed by atoms with Crippen LogP contribution in [0.5, 0.6) is 0 Å². The summed E-state index contributed by atoms with van der Waals surface area (Å²) in [5.74, 6) is 0.678. The van der Waals surface area contributed by atoms with Crippen LogP contribution in [-0.4, -0.2) is 51.1 Å². The highest BCUT2D eigenvalue weighted by Crippen LogP contribution is 2.24. The molecule has 0 atom stereocenters. The third-order valence-electron chi connectivity index (χ3n) is 4.94. The summed E-state index contributed by atoms with van der Waals surface area (Å²) in [6, 6.07) is 14.5. The molecule has 1 amide bonds. The average molecular weight is 364 g/mol. The summed E-state index contributed by atoms with van der Waals surface area (Å²) >= 11 is 0. The second-order valence-corrected chi connectivity index (χ2v) is 7.11. The molecule has 0 aliphatic carbocycles. The predicted molar refractivity (Wildman–Crippen MR) is 105 cm³/mol. The number of carbonyl (C=O) groups excluding carboxylic acids is 1. The van der Waals surface area contributed by atoms with Crippen LogP contribution in [0.25, 0.3) is 16.9 Å². The maximum atomic E-state index is 11.1. The number of aryl methyl sites for hydroxylation is 1. The molecular weight excluding hydrogens is 340 g/mol. The normalized spacial score (nSPS) is 15.9. The van der Waals surface area contributed by atoms with Crippen molar-refractivity contribution in [1.82, 2.24) is 19.5 Å². The minimum absolute atomic E-state index is 0.267. The van der Waals surface area contributed by atoms with E-state index < -0.39 is 0 Å². The average Bonchev–Trinajstić information content (AvgIpc) is 3.04. The van der Waals surface area contributed by atoms with Crippen LogP contribution in [0.2, 0.25) is 0 Å². The fraction of sp³-hybridized carbons (Fsp3) is 0.350. The quantitative estimate of drug-likeness (QED) is 0.723. The number of nitrogens with one attached hydrogen (secondary N) is 1. The number of amides is 1. The Morgan fingerprint density at radius 1 is 1.22 bits per heavy atom. The summed E-state index contributed by atoms with van der Waals surface area (Å²) in [6.07, 6.45) is 1.91. The molecule has 0 spiro atoms. The van der Waals surface area contributed by atoms with Crippen LogP contribution in [0.4, 0.5) is 5.82 Å². The van der Waals surface area contributed by atoms with E-state index >= 15 is 0 Å². The molecule has 1 aliphatic rings. The number of primary amides is 1. The largest absolute Gasteiger partial charge is 0.369 e. The lowest BCUT2D eigenvalue weighted by Gasteiger charge is -2.32. The van der Waals surface area contributed by atoms with Gasteiger partial charge >= 0.3 is 0 Å². The summed E-state index contributed by atoms with van der Waals surface area (Å²) in [5.41, 5.74) is 9.09. The highest BCUT2D eigenvalue weighted by molar-refractivity contribution is 5.75. The molecule has 3 heterocycles. The molecule has 1 saturated heterocycles. The zero-order valence-corrected chi connectivity index (χ0v) is 15.4. The number of hydrogen-bond acceptors (Lipinski definition) is 5. The summed E-state index contributed by atoms with van der Waals surface area (Å²) in [7, 11) is 0. The predicted octanol–water partition coefficient (Wildman–Crippen LogP) is 2.07. The van der Waals surface area contributed by atoms with Crippen molar-refractivity contribution >= 4 is 17.4 Å². The third kappa shape index (κ3) is 3.93. The number of piperidine rings is 1. The van der Waals surface area contributed by atoms with E-state index in [1.54, 1.807) is 0 Å². The van der Waals surface area contributed by atoms with Crippen LogP contribution in [0.1, 0.15) is 18.5 Å². The maximum absolute atomic E-state index is 11.1. The second-order valence-electron chi connectivity index (χ2n) is 7.11. The molecule has 1 aliphatic heterocycles. The number of fused-ring (bicyclic) bond motifs is 1. The van der Waals surface area contributed by atoms with Crippen LogP contribution in [-0.2, 0) is 4.79 Å². The van der Waals surface area contributed by atoms with E-state index in [-0.39, 0.29) is 5.91 Å². The zero-order valence-electron chi connectivity index (χ0n) is 15.4. The van der Waals surface area contributed by atoms with E-state index in [4.69, 9.17) is 10.7 Å². The molecular formula is C20H24N6O. The number of likely N-dealkylation sites (tertiary alicyclic amines) is 1. The van der Waals surface area contributed by atoms with Crippen molar-refractivity contribution in [2.24, 2.45) is 5.73 Å². The van der Waals surface area contributed by atoms with Crippen molar-refractivity contribution in [2.45, 2.75) is 25.8 Å². The molecule has 27 heavy (non-hydrogen) atoms.